The van der Waals surface area contributed by atoms with Crippen LogP contribution in [-0.4, -0.2) is 29.0 Å². The van der Waals surface area contributed by atoms with Crippen LogP contribution in [0.2, 0.25) is 0 Å². The highest BCUT2D eigenvalue weighted by Gasteiger charge is 2.35. The fourth-order valence-corrected chi connectivity index (χ4v) is 3.90. The first-order valence-corrected chi connectivity index (χ1v) is 10.4. The van der Waals surface area contributed by atoms with Crippen molar-refractivity contribution in [1.82, 2.24) is 10.3 Å². The fourth-order valence-electron chi connectivity index (χ4n) is 3.90. The van der Waals surface area contributed by atoms with Crippen LogP contribution < -0.4 is 21.7 Å². The topological polar surface area (TPSA) is 92.1 Å². The van der Waals surface area contributed by atoms with Crippen molar-refractivity contribution in [2.45, 2.75) is 63.8 Å². The second-order valence-corrected chi connectivity index (χ2v) is 8.16. The van der Waals surface area contributed by atoms with Gasteiger partial charge in [0.05, 0.1) is 22.5 Å². The standard InChI is InChI=1S/C22H28F3N5O/c1-13(2)28-14-7-9-15(10-8-14)29-20-11-19(17(12-27-20)22(23,24)25)30-18-6-4-3-5-16(18)21(26)31/h3-6,11-15,28H,7-10H2,1-2H3,(H2,26,31)(H2,27,29,30). The molecule has 9 heteroatoms. The van der Waals surface area contributed by atoms with Crippen LogP contribution in [0.15, 0.2) is 36.5 Å². The van der Waals surface area contributed by atoms with E-state index in [1.807, 2.05) is 0 Å². The predicted octanol–water partition coefficient (Wildman–Crippen LogP) is 4.66. The highest BCUT2D eigenvalue weighted by Crippen LogP contribution is 2.37. The number of nitrogens with zero attached hydrogens (tertiary/aromatic N) is 1. The number of pyridine rings is 1. The van der Waals surface area contributed by atoms with Gasteiger partial charge in [-0.3, -0.25) is 4.79 Å². The van der Waals surface area contributed by atoms with Gasteiger partial charge in [0.15, 0.2) is 0 Å². The quantitative estimate of drug-likeness (QED) is 0.508. The van der Waals surface area contributed by atoms with Gasteiger partial charge in [0.25, 0.3) is 5.91 Å². The van der Waals surface area contributed by atoms with Crippen molar-refractivity contribution in [3.8, 4) is 0 Å². The summed E-state index contributed by atoms with van der Waals surface area (Å²) in [5, 5.41) is 9.51. The highest BCUT2D eigenvalue weighted by molar-refractivity contribution is 5.99. The number of anilines is 3. The molecule has 168 valence electrons. The molecule has 0 bridgehead atoms. The van der Waals surface area contributed by atoms with Crippen molar-refractivity contribution in [3.63, 3.8) is 0 Å². The number of carbonyl (C=O) groups is 1. The number of para-hydroxylation sites is 1. The van der Waals surface area contributed by atoms with Gasteiger partial charge in [-0.2, -0.15) is 13.2 Å². The van der Waals surface area contributed by atoms with Crippen LogP contribution in [0.25, 0.3) is 0 Å². The van der Waals surface area contributed by atoms with Crippen LogP contribution in [0.4, 0.5) is 30.4 Å². The lowest BCUT2D eigenvalue weighted by Crippen LogP contribution is -2.40. The molecule has 1 heterocycles. The van der Waals surface area contributed by atoms with Gasteiger partial charge in [-0.15, -0.1) is 0 Å². The maximum Gasteiger partial charge on any atom is 0.419 e. The van der Waals surface area contributed by atoms with Crippen LogP contribution >= 0.6 is 0 Å². The summed E-state index contributed by atoms with van der Waals surface area (Å²) in [4.78, 5) is 15.6. The molecule has 1 aromatic heterocycles. The normalized spacial score (nSPS) is 19.3. The van der Waals surface area contributed by atoms with Crippen molar-refractivity contribution in [1.29, 1.82) is 0 Å². The maximum atomic E-state index is 13.5. The van der Waals surface area contributed by atoms with Gasteiger partial charge in [-0.05, 0) is 37.8 Å². The van der Waals surface area contributed by atoms with Crippen molar-refractivity contribution in [3.05, 3.63) is 47.7 Å². The van der Waals surface area contributed by atoms with E-state index >= 15 is 0 Å². The van der Waals surface area contributed by atoms with Crippen molar-refractivity contribution in [2.75, 3.05) is 10.6 Å². The third-order valence-electron chi connectivity index (χ3n) is 5.32. The number of carbonyl (C=O) groups excluding carboxylic acids is 1. The van der Waals surface area contributed by atoms with Gasteiger partial charge >= 0.3 is 6.18 Å². The predicted molar refractivity (Wildman–Crippen MR) is 115 cm³/mol. The largest absolute Gasteiger partial charge is 0.419 e. The lowest BCUT2D eigenvalue weighted by Gasteiger charge is -2.31. The van der Waals surface area contributed by atoms with Gasteiger partial charge < -0.3 is 21.7 Å². The third kappa shape index (κ3) is 6.10. The van der Waals surface area contributed by atoms with E-state index < -0.39 is 17.6 Å². The summed E-state index contributed by atoms with van der Waals surface area (Å²) in [6.45, 7) is 4.22. The summed E-state index contributed by atoms with van der Waals surface area (Å²) in [6, 6.07) is 8.54. The number of primary amides is 1. The minimum Gasteiger partial charge on any atom is -0.367 e. The maximum absolute atomic E-state index is 13.5. The highest BCUT2D eigenvalue weighted by atomic mass is 19.4. The molecule has 0 saturated heterocycles. The van der Waals surface area contributed by atoms with Crippen molar-refractivity contribution < 1.29 is 18.0 Å². The molecule has 0 spiro atoms. The Labute approximate surface area is 179 Å². The number of hydrogen-bond donors (Lipinski definition) is 4. The molecular formula is C22H28F3N5O. The Balaban J connectivity index is 1.79. The average Bonchev–Trinajstić information content (AvgIpc) is 2.68. The zero-order chi connectivity index (χ0) is 22.6. The molecule has 3 rings (SSSR count). The summed E-state index contributed by atoms with van der Waals surface area (Å²) < 4.78 is 40.6. The Kier molecular flexibility index (Phi) is 7.04. The molecule has 2 aromatic rings. The minimum atomic E-state index is -4.60. The van der Waals surface area contributed by atoms with E-state index in [1.54, 1.807) is 12.1 Å². The van der Waals surface area contributed by atoms with E-state index in [0.29, 0.717) is 17.9 Å². The molecule has 31 heavy (non-hydrogen) atoms. The van der Waals surface area contributed by atoms with Crippen LogP contribution in [-0.2, 0) is 6.18 Å². The molecule has 0 unspecified atom stereocenters. The Bertz CT molecular complexity index is 908. The number of amides is 1. The number of nitrogens with one attached hydrogen (secondary N) is 3. The van der Waals surface area contributed by atoms with Gasteiger partial charge in [-0.25, -0.2) is 4.98 Å². The van der Waals surface area contributed by atoms with Crippen LogP contribution in [0.1, 0.15) is 55.5 Å². The molecule has 1 amide bonds. The Morgan fingerprint density at radius 1 is 1.10 bits per heavy atom. The summed E-state index contributed by atoms with van der Waals surface area (Å²) in [5.74, 6) is -0.372. The van der Waals surface area contributed by atoms with E-state index in [4.69, 9.17) is 5.73 Å². The van der Waals surface area contributed by atoms with Crippen LogP contribution in [0.5, 0.6) is 0 Å². The lowest BCUT2D eigenvalue weighted by molar-refractivity contribution is -0.137. The Morgan fingerprint density at radius 2 is 1.74 bits per heavy atom. The molecule has 0 radical (unpaired) electrons. The summed E-state index contributed by atoms with van der Waals surface area (Å²) in [6.07, 6.45) is 0.00146. The molecule has 6 nitrogen and oxygen atoms in total. The van der Waals surface area contributed by atoms with E-state index in [9.17, 15) is 18.0 Å². The average molecular weight is 435 g/mol. The first-order valence-electron chi connectivity index (χ1n) is 10.4. The number of halogens is 3. The molecule has 0 aliphatic heterocycles. The zero-order valence-corrected chi connectivity index (χ0v) is 17.6. The SMILES string of the molecule is CC(C)NC1CCC(Nc2cc(Nc3ccccc3C(N)=O)c(C(F)(F)F)cn2)CC1. The Morgan fingerprint density at radius 3 is 2.35 bits per heavy atom. The van der Waals surface area contributed by atoms with Gasteiger partial charge in [0.2, 0.25) is 0 Å². The van der Waals surface area contributed by atoms with E-state index in [0.717, 1.165) is 31.9 Å². The lowest BCUT2D eigenvalue weighted by atomic mass is 9.91. The second-order valence-electron chi connectivity index (χ2n) is 8.16. The second kappa shape index (κ2) is 9.55. The number of hydrogen-bond acceptors (Lipinski definition) is 5. The number of rotatable bonds is 7. The molecule has 0 atom stereocenters. The minimum absolute atomic E-state index is 0.109. The van der Waals surface area contributed by atoms with E-state index in [1.165, 1.54) is 18.2 Å². The van der Waals surface area contributed by atoms with Gasteiger partial charge in [0.1, 0.15) is 5.82 Å². The summed E-state index contributed by atoms with van der Waals surface area (Å²) in [7, 11) is 0. The van der Waals surface area contributed by atoms with Crippen LogP contribution in [0, 0.1) is 0 Å². The summed E-state index contributed by atoms with van der Waals surface area (Å²) >= 11 is 0. The third-order valence-corrected chi connectivity index (χ3v) is 5.32. The number of nitrogens with two attached hydrogens (primary N) is 1. The molecular weight excluding hydrogens is 407 g/mol. The van der Waals surface area contributed by atoms with Crippen LogP contribution in [0.3, 0.4) is 0 Å². The molecule has 1 aliphatic carbocycles. The number of benzene rings is 1. The van der Waals surface area contributed by atoms with E-state index in [2.05, 4.69) is 34.8 Å². The fraction of sp³-hybridized carbons (Fsp3) is 0.455. The summed E-state index contributed by atoms with van der Waals surface area (Å²) in [5.41, 5.74) is 4.57. The van der Waals surface area contributed by atoms with Crippen molar-refractivity contribution in [2.24, 2.45) is 5.73 Å². The van der Waals surface area contributed by atoms with Gasteiger partial charge in [0, 0.05) is 30.4 Å². The first kappa shape index (κ1) is 22.9. The molecule has 1 aromatic carbocycles. The number of alkyl halides is 3. The van der Waals surface area contributed by atoms with E-state index in [-0.39, 0.29) is 23.0 Å². The van der Waals surface area contributed by atoms with Crippen molar-refractivity contribution >= 4 is 23.1 Å². The Hall–Kier alpha value is -2.81. The zero-order valence-electron chi connectivity index (χ0n) is 17.6. The first-order chi connectivity index (χ1) is 14.6. The molecule has 5 N–H and O–H groups in total. The monoisotopic (exact) mass is 435 g/mol. The molecule has 1 fully saturated rings. The molecule has 1 aliphatic rings. The molecule has 1 saturated carbocycles. The smallest absolute Gasteiger partial charge is 0.367 e. The number of aromatic nitrogens is 1. The van der Waals surface area contributed by atoms with Gasteiger partial charge in [-0.1, -0.05) is 26.0 Å².